The van der Waals surface area contributed by atoms with Gasteiger partial charge in [0.25, 0.3) is 0 Å². The van der Waals surface area contributed by atoms with Crippen molar-refractivity contribution >= 4 is 40.9 Å². The van der Waals surface area contributed by atoms with Crippen molar-refractivity contribution in [1.82, 2.24) is 9.80 Å². The molecule has 1 aliphatic rings. The van der Waals surface area contributed by atoms with Crippen molar-refractivity contribution in [3.63, 3.8) is 0 Å². The largest absolute Gasteiger partial charge is 0.418 e. The van der Waals surface area contributed by atoms with Crippen LogP contribution in [0, 0.1) is 0 Å². The molecule has 0 radical (unpaired) electrons. The number of hydrogen-bond donors (Lipinski definition) is 1. The molecule has 1 fully saturated rings. The molecule has 5 nitrogen and oxygen atoms in total. The maximum absolute atomic E-state index is 13.1. The summed E-state index contributed by atoms with van der Waals surface area (Å²) in [6, 6.07) is 12.4. The van der Waals surface area contributed by atoms with Gasteiger partial charge in [0.05, 0.1) is 23.5 Å². The third-order valence-corrected chi connectivity index (χ3v) is 6.25. The topological polar surface area (TPSA) is 52.7 Å². The first-order valence-corrected chi connectivity index (χ1v) is 11.5. The lowest BCUT2D eigenvalue weighted by molar-refractivity contribution is -0.137. The highest BCUT2D eigenvalue weighted by atomic mass is 35.5. The smallest absolute Gasteiger partial charge is 0.339 e. The molecule has 1 aliphatic heterocycles. The van der Waals surface area contributed by atoms with Crippen molar-refractivity contribution in [3.8, 4) is 0 Å². The zero-order valence-electron chi connectivity index (χ0n) is 17.2. The van der Waals surface area contributed by atoms with Gasteiger partial charge in [-0.2, -0.15) is 13.2 Å². The van der Waals surface area contributed by atoms with Gasteiger partial charge in [0.2, 0.25) is 11.8 Å². The lowest BCUT2D eigenvalue weighted by Crippen LogP contribution is -2.51. The maximum Gasteiger partial charge on any atom is 0.418 e. The summed E-state index contributed by atoms with van der Waals surface area (Å²) in [5, 5.41) is 3.02. The van der Waals surface area contributed by atoms with E-state index in [9.17, 15) is 22.8 Å². The van der Waals surface area contributed by atoms with Crippen LogP contribution in [-0.2, 0) is 21.5 Å². The molecule has 10 heteroatoms. The normalized spacial score (nSPS) is 14.9. The number of halogens is 4. The number of rotatable bonds is 7. The quantitative estimate of drug-likeness (QED) is 0.632. The van der Waals surface area contributed by atoms with Crippen LogP contribution in [0.15, 0.2) is 48.5 Å². The van der Waals surface area contributed by atoms with Crippen LogP contribution in [0.25, 0.3) is 0 Å². The number of piperazine rings is 1. The van der Waals surface area contributed by atoms with E-state index in [-0.39, 0.29) is 18.1 Å². The molecule has 0 saturated carbocycles. The van der Waals surface area contributed by atoms with E-state index >= 15 is 0 Å². The lowest BCUT2D eigenvalue weighted by Gasteiger charge is -2.34. The van der Waals surface area contributed by atoms with Gasteiger partial charge >= 0.3 is 6.18 Å². The number of benzene rings is 2. The summed E-state index contributed by atoms with van der Waals surface area (Å²) in [4.78, 5) is 28.3. The predicted molar refractivity (Wildman–Crippen MR) is 121 cm³/mol. The number of alkyl halides is 3. The van der Waals surface area contributed by atoms with Crippen molar-refractivity contribution in [2.75, 3.05) is 43.8 Å². The number of carbonyl (C=O) groups is 2. The molecule has 2 amide bonds. The molecule has 2 aromatic carbocycles. The fourth-order valence-corrected chi connectivity index (χ4v) is 4.33. The molecule has 2 aromatic rings. The van der Waals surface area contributed by atoms with Gasteiger partial charge in [-0.25, -0.2) is 0 Å². The van der Waals surface area contributed by atoms with Crippen LogP contribution in [-0.4, -0.2) is 60.1 Å². The fourth-order valence-electron chi connectivity index (χ4n) is 3.32. The van der Waals surface area contributed by atoms with Gasteiger partial charge in [0.1, 0.15) is 0 Å². The highest BCUT2D eigenvalue weighted by Gasteiger charge is 2.33. The average Bonchev–Trinajstić information content (AvgIpc) is 2.75. The number of hydrogen-bond acceptors (Lipinski definition) is 4. The molecular formula is C22H23ClF3N3O2S. The first-order chi connectivity index (χ1) is 15.2. The third-order valence-electron chi connectivity index (χ3n) is 5.01. The van der Waals surface area contributed by atoms with Gasteiger partial charge in [0.15, 0.2) is 0 Å². The molecule has 172 valence electrons. The van der Waals surface area contributed by atoms with Crippen LogP contribution < -0.4 is 5.32 Å². The Hall–Kier alpha value is -2.23. The van der Waals surface area contributed by atoms with E-state index in [1.165, 1.54) is 30.0 Å². The Morgan fingerprint density at radius 2 is 1.66 bits per heavy atom. The van der Waals surface area contributed by atoms with Crippen molar-refractivity contribution in [1.29, 1.82) is 0 Å². The molecule has 0 aliphatic carbocycles. The number of nitrogens with one attached hydrogen (secondary N) is 1. The highest BCUT2D eigenvalue weighted by molar-refractivity contribution is 7.99. The summed E-state index contributed by atoms with van der Waals surface area (Å²) in [6.45, 7) is 1.91. The zero-order valence-corrected chi connectivity index (χ0v) is 18.8. The Labute approximate surface area is 193 Å². The third kappa shape index (κ3) is 7.15. The number of carbonyl (C=O) groups excluding carboxylic acids is 2. The molecule has 0 bridgehead atoms. The molecule has 1 heterocycles. The van der Waals surface area contributed by atoms with Crippen LogP contribution in [0.1, 0.15) is 11.1 Å². The summed E-state index contributed by atoms with van der Waals surface area (Å²) in [5.41, 5.74) is -0.0356. The second kappa shape index (κ2) is 11.1. The van der Waals surface area contributed by atoms with E-state index < -0.39 is 17.6 Å². The number of thioether (sulfide) groups is 1. The average molecular weight is 486 g/mol. The summed E-state index contributed by atoms with van der Waals surface area (Å²) in [5.74, 6) is 0.590. The molecule has 0 atom stereocenters. The maximum atomic E-state index is 13.1. The van der Waals surface area contributed by atoms with Crippen LogP contribution in [0.3, 0.4) is 0 Å². The molecular weight excluding hydrogens is 463 g/mol. The Kier molecular flexibility index (Phi) is 8.44. The van der Waals surface area contributed by atoms with E-state index in [2.05, 4.69) is 5.32 Å². The highest BCUT2D eigenvalue weighted by Crippen LogP contribution is 2.34. The second-order valence-electron chi connectivity index (χ2n) is 7.37. The molecule has 0 aromatic heterocycles. The first kappa shape index (κ1) is 24.4. The number of nitrogens with zero attached hydrogens (tertiary/aromatic N) is 2. The first-order valence-electron chi connectivity index (χ1n) is 10.0. The fraction of sp³-hybridized carbons (Fsp3) is 0.364. The van der Waals surface area contributed by atoms with Crippen molar-refractivity contribution in [3.05, 3.63) is 64.7 Å². The molecule has 1 saturated heterocycles. The van der Waals surface area contributed by atoms with E-state index in [0.29, 0.717) is 42.7 Å². The van der Waals surface area contributed by atoms with Gasteiger partial charge in [-0.15, -0.1) is 11.8 Å². The Morgan fingerprint density at radius 3 is 2.31 bits per heavy atom. The van der Waals surface area contributed by atoms with Gasteiger partial charge < -0.3 is 10.2 Å². The van der Waals surface area contributed by atoms with E-state index in [1.54, 1.807) is 4.90 Å². The monoisotopic (exact) mass is 485 g/mol. The zero-order chi connectivity index (χ0) is 23.1. The molecule has 1 N–H and O–H groups in total. The minimum Gasteiger partial charge on any atom is -0.339 e. The van der Waals surface area contributed by atoms with Crippen molar-refractivity contribution in [2.45, 2.75) is 11.9 Å². The van der Waals surface area contributed by atoms with Crippen molar-refractivity contribution < 1.29 is 22.8 Å². The summed E-state index contributed by atoms with van der Waals surface area (Å²) < 4.78 is 39.2. The van der Waals surface area contributed by atoms with Gasteiger partial charge in [-0.05, 0) is 29.8 Å². The number of para-hydroxylation sites is 1. The van der Waals surface area contributed by atoms with Crippen LogP contribution in [0.4, 0.5) is 18.9 Å². The van der Waals surface area contributed by atoms with E-state index in [0.717, 1.165) is 11.6 Å². The predicted octanol–water partition coefficient (Wildman–Crippen LogP) is 4.37. The number of amides is 2. The van der Waals surface area contributed by atoms with Crippen LogP contribution >= 0.6 is 23.4 Å². The van der Waals surface area contributed by atoms with E-state index in [1.807, 2.05) is 29.2 Å². The van der Waals surface area contributed by atoms with E-state index in [4.69, 9.17) is 11.6 Å². The minimum absolute atomic E-state index is 0.0282. The Morgan fingerprint density at radius 1 is 1.00 bits per heavy atom. The summed E-state index contributed by atoms with van der Waals surface area (Å²) in [7, 11) is 0. The molecule has 3 rings (SSSR count). The Balaban J connectivity index is 1.40. The summed E-state index contributed by atoms with van der Waals surface area (Å²) >= 11 is 7.39. The number of anilines is 1. The van der Waals surface area contributed by atoms with Crippen molar-refractivity contribution in [2.24, 2.45) is 0 Å². The standard InChI is InChI=1S/C22H23ClF3N3O2S/c23-17-7-5-16(6-8-17)14-32-15-21(31)29-11-9-28(10-12-29)13-20(30)27-19-4-2-1-3-18(19)22(24,25)26/h1-8H,9-15H2,(H,27,30). The molecule has 32 heavy (non-hydrogen) atoms. The summed E-state index contributed by atoms with van der Waals surface area (Å²) in [6.07, 6.45) is -4.54. The molecule has 0 unspecified atom stereocenters. The SMILES string of the molecule is O=C(CN1CCN(C(=O)CSCc2ccc(Cl)cc2)CC1)Nc1ccccc1C(F)(F)F. The molecule has 0 spiro atoms. The minimum atomic E-state index is -4.54. The Bertz CT molecular complexity index is 933. The van der Waals surface area contributed by atoms with Crippen LogP contribution in [0.2, 0.25) is 5.02 Å². The second-order valence-corrected chi connectivity index (χ2v) is 8.79. The van der Waals surface area contributed by atoms with Gasteiger partial charge in [-0.1, -0.05) is 35.9 Å². The van der Waals surface area contributed by atoms with Crippen LogP contribution in [0.5, 0.6) is 0 Å². The lowest BCUT2D eigenvalue weighted by atomic mass is 10.1. The van der Waals surface area contributed by atoms with Gasteiger partial charge in [-0.3, -0.25) is 14.5 Å². The van der Waals surface area contributed by atoms with Gasteiger partial charge in [0, 0.05) is 37.0 Å².